The summed E-state index contributed by atoms with van der Waals surface area (Å²) in [5.41, 5.74) is -0.731. The summed E-state index contributed by atoms with van der Waals surface area (Å²) in [6.07, 6.45) is 0.447. The van der Waals surface area contributed by atoms with Gasteiger partial charge in [0.25, 0.3) is 0 Å². The van der Waals surface area contributed by atoms with Crippen LogP contribution in [0.1, 0.15) is 36.4 Å². The summed E-state index contributed by atoms with van der Waals surface area (Å²) < 4.78 is 49.2. The van der Waals surface area contributed by atoms with Crippen LogP contribution in [0.4, 0.5) is 19.1 Å². The quantitative estimate of drug-likeness (QED) is 0.478. The molecule has 178 valence electrons. The van der Waals surface area contributed by atoms with Crippen LogP contribution in [0.2, 0.25) is 0 Å². The number of nitrogens with one attached hydrogen (secondary N) is 1. The average molecular weight is 474 g/mol. The fourth-order valence-corrected chi connectivity index (χ4v) is 4.15. The Balaban J connectivity index is 1.45. The van der Waals surface area contributed by atoms with Gasteiger partial charge in [-0.05, 0) is 43.2 Å². The molecule has 12 heteroatoms. The molecule has 1 aromatic carbocycles. The van der Waals surface area contributed by atoms with E-state index in [2.05, 4.69) is 15.4 Å². The molecule has 0 saturated carbocycles. The Morgan fingerprint density at radius 1 is 1.18 bits per heavy atom. The number of aromatic nitrogens is 5. The molecule has 0 unspecified atom stereocenters. The molecule has 0 radical (unpaired) electrons. The number of imidazole rings is 1. The number of rotatable bonds is 5. The van der Waals surface area contributed by atoms with Crippen molar-refractivity contribution in [3.8, 4) is 0 Å². The highest BCUT2D eigenvalue weighted by Crippen LogP contribution is 2.32. The van der Waals surface area contributed by atoms with E-state index in [-0.39, 0.29) is 30.2 Å². The lowest BCUT2D eigenvalue weighted by molar-refractivity contribution is -0.137. The largest absolute Gasteiger partial charge is 0.467 e. The van der Waals surface area contributed by atoms with Crippen LogP contribution in [-0.4, -0.2) is 29.8 Å². The lowest BCUT2D eigenvalue weighted by Gasteiger charge is -2.09. The number of carbonyl (C=O) groups is 1. The molecule has 0 spiro atoms. The molecule has 5 rings (SSSR count). The first-order chi connectivity index (χ1) is 16.3. The highest BCUT2D eigenvalue weighted by molar-refractivity contribution is 5.91. The van der Waals surface area contributed by atoms with E-state index in [1.54, 1.807) is 21.3 Å². The Labute approximate surface area is 190 Å². The number of hydrogen-bond donors (Lipinski definition) is 1. The fraction of sp³-hybridized carbons (Fsp3) is 0.364. The standard InChI is InChI=1S/C22H21F3N6O3/c23-22(24,25)14-7-8-17-16(11-14)26-20(30(17)12-15-5-4-10-34-15)27-19(32)13-31-21(33)29-9-3-1-2-6-18(29)28-31/h4-5,7-8,10-11H,1-3,6,9,12-13H2,(H,26,27,32). The molecule has 0 bridgehead atoms. The highest BCUT2D eigenvalue weighted by atomic mass is 19.4. The molecule has 1 N–H and O–H groups in total. The van der Waals surface area contributed by atoms with Crippen LogP contribution in [0.5, 0.6) is 0 Å². The number of fused-ring (bicyclic) bond motifs is 2. The Hall–Kier alpha value is -3.83. The molecule has 0 saturated heterocycles. The van der Waals surface area contributed by atoms with Crippen molar-refractivity contribution < 1.29 is 22.4 Å². The Bertz CT molecular complexity index is 1400. The summed E-state index contributed by atoms with van der Waals surface area (Å²) in [6, 6.07) is 6.59. The Kier molecular flexibility index (Phi) is 5.50. The number of alkyl halides is 3. The van der Waals surface area contributed by atoms with E-state index in [0.29, 0.717) is 30.1 Å². The number of halogens is 3. The van der Waals surface area contributed by atoms with Crippen LogP contribution in [0, 0.1) is 0 Å². The third-order valence-corrected chi connectivity index (χ3v) is 5.80. The van der Waals surface area contributed by atoms with Gasteiger partial charge in [-0.3, -0.25) is 14.7 Å². The molecule has 1 amide bonds. The highest BCUT2D eigenvalue weighted by Gasteiger charge is 2.31. The van der Waals surface area contributed by atoms with Gasteiger partial charge in [-0.25, -0.2) is 14.5 Å². The molecular formula is C22H21F3N6O3. The minimum Gasteiger partial charge on any atom is -0.467 e. The normalized spacial score (nSPS) is 14.2. The van der Waals surface area contributed by atoms with Crippen molar-refractivity contribution in [3.63, 3.8) is 0 Å². The summed E-state index contributed by atoms with van der Waals surface area (Å²) >= 11 is 0. The van der Waals surface area contributed by atoms with Crippen LogP contribution >= 0.6 is 0 Å². The second-order valence-electron chi connectivity index (χ2n) is 8.17. The third-order valence-electron chi connectivity index (χ3n) is 5.80. The van der Waals surface area contributed by atoms with Crippen LogP contribution in [0.15, 0.2) is 45.8 Å². The first-order valence-electron chi connectivity index (χ1n) is 10.9. The number of hydrogen-bond acceptors (Lipinski definition) is 5. The molecule has 1 aliphatic heterocycles. The SMILES string of the molecule is O=C(Cn1nc2n(c1=O)CCCCC2)Nc1nc2cc(C(F)(F)F)ccc2n1Cc1ccco1. The van der Waals surface area contributed by atoms with E-state index in [1.165, 1.54) is 12.3 Å². The molecule has 3 aromatic heterocycles. The maximum absolute atomic E-state index is 13.2. The minimum atomic E-state index is -4.53. The monoisotopic (exact) mass is 474 g/mol. The lowest BCUT2D eigenvalue weighted by atomic mass is 10.2. The first kappa shape index (κ1) is 22.0. The van der Waals surface area contributed by atoms with Gasteiger partial charge in [0.05, 0.1) is 29.4 Å². The van der Waals surface area contributed by atoms with Crippen molar-refractivity contribution in [1.29, 1.82) is 0 Å². The average Bonchev–Trinajstić information content (AvgIpc) is 3.43. The van der Waals surface area contributed by atoms with E-state index in [4.69, 9.17) is 4.42 Å². The van der Waals surface area contributed by atoms with Gasteiger partial charge in [0.15, 0.2) is 0 Å². The van der Waals surface area contributed by atoms with E-state index < -0.39 is 17.6 Å². The number of benzene rings is 1. The van der Waals surface area contributed by atoms with Gasteiger partial charge in [-0.1, -0.05) is 6.42 Å². The molecule has 4 aromatic rings. The van der Waals surface area contributed by atoms with Crippen molar-refractivity contribution in [2.75, 3.05) is 5.32 Å². The smallest absolute Gasteiger partial charge is 0.416 e. The van der Waals surface area contributed by atoms with Gasteiger partial charge >= 0.3 is 11.9 Å². The van der Waals surface area contributed by atoms with Crippen molar-refractivity contribution in [3.05, 3.63) is 64.2 Å². The maximum atomic E-state index is 13.2. The molecule has 4 heterocycles. The van der Waals surface area contributed by atoms with E-state index >= 15 is 0 Å². The molecule has 0 aliphatic carbocycles. The number of aryl methyl sites for hydroxylation is 1. The number of nitrogens with zero attached hydrogens (tertiary/aromatic N) is 5. The number of furan rings is 1. The zero-order chi connectivity index (χ0) is 23.9. The summed E-state index contributed by atoms with van der Waals surface area (Å²) in [7, 11) is 0. The Morgan fingerprint density at radius 2 is 2.03 bits per heavy atom. The van der Waals surface area contributed by atoms with Gasteiger partial charge in [-0.2, -0.15) is 18.3 Å². The molecule has 9 nitrogen and oxygen atoms in total. The second-order valence-corrected chi connectivity index (χ2v) is 8.17. The summed E-state index contributed by atoms with van der Waals surface area (Å²) in [6.45, 7) is 0.371. The fourth-order valence-electron chi connectivity index (χ4n) is 4.15. The number of amides is 1. The predicted octanol–water partition coefficient (Wildman–Crippen LogP) is 3.42. The minimum absolute atomic E-state index is 0.0459. The molecular weight excluding hydrogens is 453 g/mol. The predicted molar refractivity (Wildman–Crippen MR) is 115 cm³/mol. The Morgan fingerprint density at radius 3 is 2.79 bits per heavy atom. The van der Waals surface area contributed by atoms with E-state index in [0.717, 1.165) is 36.1 Å². The zero-order valence-electron chi connectivity index (χ0n) is 18.0. The summed E-state index contributed by atoms with van der Waals surface area (Å²) in [5, 5.41) is 6.92. The maximum Gasteiger partial charge on any atom is 0.416 e. The first-order valence-corrected chi connectivity index (χ1v) is 10.9. The zero-order valence-corrected chi connectivity index (χ0v) is 18.0. The van der Waals surface area contributed by atoms with Crippen LogP contribution in [0.25, 0.3) is 11.0 Å². The lowest BCUT2D eigenvalue weighted by Crippen LogP contribution is -2.30. The van der Waals surface area contributed by atoms with Gasteiger partial charge in [-0.15, -0.1) is 0 Å². The van der Waals surface area contributed by atoms with Gasteiger partial charge in [0.2, 0.25) is 11.9 Å². The molecule has 0 fully saturated rings. The molecule has 34 heavy (non-hydrogen) atoms. The second kappa shape index (κ2) is 8.50. The third kappa shape index (κ3) is 4.22. The molecule has 0 atom stereocenters. The van der Waals surface area contributed by atoms with Crippen molar-refractivity contribution >= 4 is 22.9 Å². The molecule has 1 aliphatic rings. The van der Waals surface area contributed by atoms with Crippen LogP contribution in [0.3, 0.4) is 0 Å². The van der Waals surface area contributed by atoms with Crippen molar-refractivity contribution in [1.82, 2.24) is 23.9 Å². The van der Waals surface area contributed by atoms with E-state index in [9.17, 15) is 22.8 Å². The van der Waals surface area contributed by atoms with Gasteiger partial charge < -0.3 is 8.98 Å². The topological polar surface area (TPSA) is 99.9 Å². The summed E-state index contributed by atoms with van der Waals surface area (Å²) in [5.74, 6) is 0.663. The van der Waals surface area contributed by atoms with Gasteiger partial charge in [0, 0.05) is 13.0 Å². The van der Waals surface area contributed by atoms with Crippen molar-refractivity contribution in [2.24, 2.45) is 0 Å². The van der Waals surface area contributed by atoms with Gasteiger partial charge in [0.1, 0.15) is 18.1 Å². The summed E-state index contributed by atoms with van der Waals surface area (Å²) in [4.78, 5) is 29.7. The van der Waals surface area contributed by atoms with Crippen LogP contribution in [-0.2, 0) is 37.0 Å². The van der Waals surface area contributed by atoms with E-state index in [1.807, 2.05) is 0 Å². The number of carbonyl (C=O) groups excluding carboxylic acids is 1. The van der Waals surface area contributed by atoms with Crippen molar-refractivity contribution in [2.45, 2.75) is 51.5 Å². The number of anilines is 1. The van der Waals surface area contributed by atoms with Crippen LogP contribution < -0.4 is 11.0 Å².